The number of hydrogen-bond acceptors (Lipinski definition) is 5. The predicted molar refractivity (Wildman–Crippen MR) is 77.4 cm³/mol. The Hall–Kier alpha value is -0.850. The molecule has 20 heavy (non-hydrogen) atoms. The second-order valence-electron chi connectivity index (χ2n) is 5.46. The highest BCUT2D eigenvalue weighted by Gasteiger charge is 2.33. The van der Waals surface area contributed by atoms with Crippen LogP contribution in [0.15, 0.2) is 23.0 Å². The summed E-state index contributed by atoms with van der Waals surface area (Å²) in [5.41, 5.74) is 1.13. The fourth-order valence-corrected chi connectivity index (χ4v) is 4.69. The standard InChI is InChI=1S/C14H23NO4S/c1-18-6-4-15-9-14(8-12-2-5-19-10-12)13-3-7-20(16,17)11-13/h2,5,10,13-15H,3-4,6-9,11H2,1H3. The van der Waals surface area contributed by atoms with Crippen LogP contribution in [0.2, 0.25) is 0 Å². The van der Waals surface area contributed by atoms with Crippen molar-refractivity contribution in [2.75, 3.05) is 38.3 Å². The molecule has 0 aliphatic carbocycles. The second-order valence-corrected chi connectivity index (χ2v) is 7.68. The van der Waals surface area contributed by atoms with Gasteiger partial charge in [0.15, 0.2) is 9.84 Å². The van der Waals surface area contributed by atoms with E-state index in [1.54, 1.807) is 19.6 Å². The summed E-state index contributed by atoms with van der Waals surface area (Å²) in [6.45, 7) is 2.27. The van der Waals surface area contributed by atoms with Crippen molar-refractivity contribution in [2.45, 2.75) is 12.8 Å². The van der Waals surface area contributed by atoms with Gasteiger partial charge in [0.25, 0.3) is 0 Å². The molecule has 2 unspecified atom stereocenters. The smallest absolute Gasteiger partial charge is 0.150 e. The Kier molecular flexibility index (Phi) is 5.63. The number of sulfone groups is 1. The van der Waals surface area contributed by atoms with Crippen LogP contribution in [0.1, 0.15) is 12.0 Å². The Morgan fingerprint density at radius 3 is 3.00 bits per heavy atom. The predicted octanol–water partition coefficient (Wildman–Crippen LogP) is 1.11. The highest BCUT2D eigenvalue weighted by molar-refractivity contribution is 7.91. The van der Waals surface area contributed by atoms with Gasteiger partial charge >= 0.3 is 0 Å². The zero-order valence-electron chi connectivity index (χ0n) is 11.9. The Bertz CT molecular complexity index is 483. The maximum atomic E-state index is 11.7. The van der Waals surface area contributed by atoms with E-state index in [9.17, 15) is 8.42 Å². The average Bonchev–Trinajstić information content (AvgIpc) is 3.02. The number of nitrogens with one attached hydrogen (secondary N) is 1. The van der Waals surface area contributed by atoms with Gasteiger partial charge in [-0.05, 0) is 42.9 Å². The van der Waals surface area contributed by atoms with E-state index in [2.05, 4.69) is 5.32 Å². The normalized spacial score (nSPS) is 22.9. The molecule has 0 radical (unpaired) electrons. The molecule has 1 fully saturated rings. The van der Waals surface area contributed by atoms with Gasteiger partial charge in [0.05, 0.1) is 30.6 Å². The summed E-state index contributed by atoms with van der Waals surface area (Å²) in [6.07, 6.45) is 5.04. The molecule has 1 aliphatic heterocycles. The van der Waals surface area contributed by atoms with Crippen molar-refractivity contribution in [1.29, 1.82) is 0 Å². The third-order valence-corrected chi connectivity index (χ3v) is 5.70. The molecule has 5 nitrogen and oxygen atoms in total. The molecule has 0 bridgehead atoms. The van der Waals surface area contributed by atoms with Gasteiger partial charge in [0, 0.05) is 13.7 Å². The van der Waals surface area contributed by atoms with E-state index in [-0.39, 0.29) is 5.92 Å². The number of furan rings is 1. The fourth-order valence-electron chi connectivity index (χ4n) is 2.77. The summed E-state index contributed by atoms with van der Waals surface area (Å²) in [6, 6.07) is 1.95. The van der Waals surface area contributed by atoms with Crippen LogP contribution in [-0.4, -0.2) is 46.7 Å². The summed E-state index contributed by atoms with van der Waals surface area (Å²) in [5.74, 6) is 1.21. The molecule has 0 amide bonds. The SMILES string of the molecule is COCCNCC(Cc1ccoc1)C1CCS(=O)(=O)C1. The first kappa shape index (κ1) is 15.5. The van der Waals surface area contributed by atoms with Gasteiger partial charge in [-0.15, -0.1) is 0 Å². The summed E-state index contributed by atoms with van der Waals surface area (Å²) in [5, 5.41) is 3.35. The topological polar surface area (TPSA) is 68.5 Å². The summed E-state index contributed by atoms with van der Waals surface area (Å²) in [7, 11) is -1.16. The molecule has 114 valence electrons. The first-order valence-corrected chi connectivity index (χ1v) is 8.84. The molecule has 0 spiro atoms. The molecular weight excluding hydrogens is 278 g/mol. The molecule has 1 aromatic rings. The van der Waals surface area contributed by atoms with E-state index in [1.807, 2.05) is 6.07 Å². The molecule has 2 atom stereocenters. The van der Waals surface area contributed by atoms with Crippen LogP contribution in [0.25, 0.3) is 0 Å². The van der Waals surface area contributed by atoms with Gasteiger partial charge < -0.3 is 14.5 Å². The third-order valence-electron chi connectivity index (χ3n) is 3.90. The third kappa shape index (κ3) is 4.61. The molecule has 1 N–H and O–H groups in total. The van der Waals surface area contributed by atoms with Crippen LogP contribution in [0.5, 0.6) is 0 Å². The monoisotopic (exact) mass is 301 g/mol. The van der Waals surface area contributed by atoms with Gasteiger partial charge in [-0.2, -0.15) is 0 Å². The molecular formula is C14H23NO4S. The van der Waals surface area contributed by atoms with Gasteiger partial charge in [-0.1, -0.05) is 0 Å². The van der Waals surface area contributed by atoms with Crippen molar-refractivity contribution in [2.24, 2.45) is 11.8 Å². The van der Waals surface area contributed by atoms with Gasteiger partial charge in [0.1, 0.15) is 0 Å². The summed E-state index contributed by atoms with van der Waals surface area (Å²) in [4.78, 5) is 0. The van der Waals surface area contributed by atoms with Gasteiger partial charge in [-0.3, -0.25) is 0 Å². The molecule has 1 aliphatic rings. The van der Waals surface area contributed by atoms with Crippen molar-refractivity contribution in [3.8, 4) is 0 Å². The van der Waals surface area contributed by atoms with Crippen molar-refractivity contribution in [3.05, 3.63) is 24.2 Å². The van der Waals surface area contributed by atoms with Crippen LogP contribution in [-0.2, 0) is 21.0 Å². The van der Waals surface area contributed by atoms with E-state index in [0.717, 1.165) is 31.5 Å². The minimum Gasteiger partial charge on any atom is -0.472 e. The number of rotatable bonds is 8. The zero-order valence-corrected chi connectivity index (χ0v) is 12.7. The lowest BCUT2D eigenvalue weighted by molar-refractivity contribution is 0.195. The van der Waals surface area contributed by atoms with E-state index in [1.165, 1.54) is 0 Å². The fraction of sp³-hybridized carbons (Fsp3) is 0.714. The summed E-state index contributed by atoms with van der Waals surface area (Å²) >= 11 is 0. The van der Waals surface area contributed by atoms with Crippen LogP contribution < -0.4 is 5.32 Å². The minimum absolute atomic E-state index is 0.241. The highest BCUT2D eigenvalue weighted by Crippen LogP contribution is 2.28. The Morgan fingerprint density at radius 1 is 1.55 bits per heavy atom. The Labute approximate surface area is 120 Å². The quantitative estimate of drug-likeness (QED) is 0.729. The molecule has 1 saturated heterocycles. The first-order valence-electron chi connectivity index (χ1n) is 7.02. The van der Waals surface area contributed by atoms with E-state index in [4.69, 9.17) is 9.15 Å². The number of hydrogen-bond donors (Lipinski definition) is 1. The van der Waals surface area contributed by atoms with E-state index < -0.39 is 9.84 Å². The molecule has 0 aromatic carbocycles. The highest BCUT2D eigenvalue weighted by atomic mass is 32.2. The van der Waals surface area contributed by atoms with Crippen LogP contribution >= 0.6 is 0 Å². The van der Waals surface area contributed by atoms with E-state index >= 15 is 0 Å². The van der Waals surface area contributed by atoms with Crippen molar-refractivity contribution in [3.63, 3.8) is 0 Å². The number of ether oxygens (including phenoxy) is 1. The minimum atomic E-state index is -2.83. The largest absolute Gasteiger partial charge is 0.472 e. The molecule has 6 heteroatoms. The van der Waals surface area contributed by atoms with Gasteiger partial charge in [0.2, 0.25) is 0 Å². The number of methoxy groups -OCH3 is 1. The van der Waals surface area contributed by atoms with Crippen LogP contribution in [0, 0.1) is 11.8 Å². The molecule has 1 aromatic heterocycles. The maximum Gasteiger partial charge on any atom is 0.150 e. The van der Waals surface area contributed by atoms with Crippen LogP contribution in [0.3, 0.4) is 0 Å². The summed E-state index contributed by atoms with van der Waals surface area (Å²) < 4.78 is 33.4. The zero-order chi connectivity index (χ0) is 14.4. The van der Waals surface area contributed by atoms with E-state index in [0.29, 0.717) is 24.0 Å². The average molecular weight is 301 g/mol. The second kappa shape index (κ2) is 7.24. The molecule has 0 saturated carbocycles. The van der Waals surface area contributed by atoms with Crippen molar-refractivity contribution < 1.29 is 17.6 Å². The molecule has 2 heterocycles. The first-order chi connectivity index (χ1) is 9.61. The lowest BCUT2D eigenvalue weighted by Gasteiger charge is -2.22. The van der Waals surface area contributed by atoms with Crippen molar-refractivity contribution >= 4 is 9.84 Å². The van der Waals surface area contributed by atoms with Gasteiger partial charge in [-0.25, -0.2) is 8.42 Å². The Balaban J connectivity index is 1.92. The maximum absolute atomic E-state index is 11.7. The van der Waals surface area contributed by atoms with Crippen LogP contribution in [0.4, 0.5) is 0 Å². The molecule has 2 rings (SSSR count). The lowest BCUT2D eigenvalue weighted by Crippen LogP contribution is -2.32. The Morgan fingerprint density at radius 2 is 2.40 bits per heavy atom. The lowest BCUT2D eigenvalue weighted by atomic mass is 9.87. The van der Waals surface area contributed by atoms with Crippen molar-refractivity contribution in [1.82, 2.24) is 5.32 Å².